The van der Waals surface area contributed by atoms with Crippen molar-refractivity contribution in [2.45, 2.75) is 0 Å². The van der Waals surface area contributed by atoms with Crippen LogP contribution >= 0.6 is 0 Å². The molecule has 0 fully saturated rings. The number of nitrogens with zero attached hydrogens (tertiary/aromatic N) is 2. The van der Waals surface area contributed by atoms with Crippen molar-refractivity contribution in [1.82, 2.24) is 4.98 Å². The molecular weight excluding hydrogens is 195 g/mol. The van der Waals surface area contributed by atoms with E-state index < -0.39 is 5.82 Å². The average molecular weight is 208 g/mol. The summed E-state index contributed by atoms with van der Waals surface area (Å²) in [5.41, 5.74) is 6.30. The topological polar surface area (TPSA) is 66.0 Å². The van der Waals surface area contributed by atoms with E-state index in [0.29, 0.717) is 17.0 Å². The third kappa shape index (κ3) is 2.31. The molecule has 0 saturated carbocycles. The molecule has 0 saturated heterocycles. The van der Waals surface area contributed by atoms with Gasteiger partial charge in [-0.2, -0.15) is 0 Å². The van der Waals surface area contributed by atoms with Crippen LogP contribution in [0.15, 0.2) is 18.5 Å². The quantitative estimate of drug-likeness (QED) is 0.734. The summed E-state index contributed by atoms with van der Waals surface area (Å²) in [5.74, 6) is 0.133. The number of pyridine rings is 1. The van der Waals surface area contributed by atoms with Crippen molar-refractivity contribution in [3.63, 3.8) is 0 Å². The molecule has 0 bridgehead atoms. The second kappa shape index (κ2) is 4.54. The fraction of sp³-hybridized carbons (Fsp3) is 0.200. The van der Waals surface area contributed by atoms with Crippen molar-refractivity contribution >= 4 is 17.6 Å². The summed E-state index contributed by atoms with van der Waals surface area (Å²) in [7, 11) is 3.59. The van der Waals surface area contributed by atoms with Gasteiger partial charge in [-0.15, -0.1) is 0 Å². The van der Waals surface area contributed by atoms with E-state index in [2.05, 4.69) is 4.98 Å². The van der Waals surface area contributed by atoms with Crippen molar-refractivity contribution in [2.75, 3.05) is 19.0 Å². The monoisotopic (exact) mass is 208 g/mol. The minimum atomic E-state index is -0.447. The first-order valence-corrected chi connectivity index (χ1v) is 4.35. The number of hydrogen-bond acceptors (Lipinski definition) is 4. The van der Waals surface area contributed by atoms with E-state index in [9.17, 15) is 4.39 Å². The van der Waals surface area contributed by atoms with Gasteiger partial charge < -0.3 is 16.0 Å². The second-order valence-electron chi connectivity index (χ2n) is 3.19. The van der Waals surface area contributed by atoms with E-state index in [1.54, 1.807) is 19.0 Å². The third-order valence-corrected chi connectivity index (χ3v) is 1.90. The fourth-order valence-electron chi connectivity index (χ4n) is 1.22. The van der Waals surface area contributed by atoms with Crippen LogP contribution in [0.25, 0.3) is 5.57 Å². The molecule has 0 unspecified atom stereocenters. The number of aromatic nitrogens is 1. The van der Waals surface area contributed by atoms with Gasteiger partial charge in [0.2, 0.25) is 0 Å². The highest BCUT2D eigenvalue weighted by Crippen LogP contribution is 2.22. The maximum absolute atomic E-state index is 13.0. The number of anilines is 1. The van der Waals surface area contributed by atoms with Crippen LogP contribution in [0.2, 0.25) is 0 Å². The van der Waals surface area contributed by atoms with E-state index >= 15 is 0 Å². The highest BCUT2D eigenvalue weighted by atomic mass is 19.1. The van der Waals surface area contributed by atoms with E-state index in [1.807, 2.05) is 0 Å². The van der Waals surface area contributed by atoms with E-state index in [1.165, 1.54) is 12.3 Å². The van der Waals surface area contributed by atoms with Crippen LogP contribution in [0.1, 0.15) is 5.56 Å². The SMILES string of the molecule is CN(C)c1ncc(F)cc1/C(C=N)=C/N. The number of hydrogen-bond donors (Lipinski definition) is 2. The number of nitrogens with two attached hydrogens (primary N) is 1. The van der Waals surface area contributed by atoms with Crippen molar-refractivity contribution in [3.8, 4) is 0 Å². The van der Waals surface area contributed by atoms with Crippen LogP contribution < -0.4 is 10.6 Å². The van der Waals surface area contributed by atoms with Gasteiger partial charge >= 0.3 is 0 Å². The van der Waals surface area contributed by atoms with Gasteiger partial charge in [0.05, 0.1) is 6.20 Å². The Morgan fingerprint density at radius 3 is 2.73 bits per heavy atom. The lowest BCUT2D eigenvalue weighted by Gasteiger charge is -2.15. The van der Waals surface area contributed by atoms with Gasteiger partial charge in [0, 0.05) is 37.6 Å². The highest BCUT2D eigenvalue weighted by molar-refractivity contribution is 6.10. The summed E-state index contributed by atoms with van der Waals surface area (Å²) in [6.07, 6.45) is 3.47. The maximum atomic E-state index is 13.0. The molecule has 1 aromatic rings. The molecule has 1 rings (SSSR count). The summed E-state index contributed by atoms with van der Waals surface area (Å²) in [4.78, 5) is 5.68. The number of halogens is 1. The molecule has 0 aliphatic rings. The molecule has 5 heteroatoms. The summed E-state index contributed by atoms with van der Waals surface area (Å²) < 4.78 is 13.0. The zero-order chi connectivity index (χ0) is 11.4. The molecule has 0 amide bonds. The van der Waals surface area contributed by atoms with Gasteiger partial charge in [-0.05, 0) is 6.07 Å². The Kier molecular flexibility index (Phi) is 3.38. The molecule has 0 aromatic carbocycles. The third-order valence-electron chi connectivity index (χ3n) is 1.90. The van der Waals surface area contributed by atoms with Crippen LogP contribution in [0, 0.1) is 11.2 Å². The normalized spacial score (nSPS) is 11.3. The molecule has 4 nitrogen and oxygen atoms in total. The smallest absolute Gasteiger partial charge is 0.142 e. The van der Waals surface area contributed by atoms with Gasteiger partial charge in [-0.25, -0.2) is 9.37 Å². The average Bonchev–Trinajstić information content (AvgIpc) is 2.19. The first-order chi connectivity index (χ1) is 7.10. The van der Waals surface area contributed by atoms with Crippen molar-refractivity contribution in [3.05, 3.63) is 29.8 Å². The zero-order valence-electron chi connectivity index (χ0n) is 8.66. The Balaban J connectivity index is 3.36. The lowest BCUT2D eigenvalue weighted by atomic mass is 10.1. The van der Waals surface area contributed by atoms with E-state index in [-0.39, 0.29) is 0 Å². The molecule has 0 radical (unpaired) electrons. The highest BCUT2D eigenvalue weighted by Gasteiger charge is 2.10. The molecule has 15 heavy (non-hydrogen) atoms. The summed E-state index contributed by atoms with van der Waals surface area (Å²) in [5, 5.41) is 7.16. The van der Waals surface area contributed by atoms with Crippen LogP contribution in [-0.4, -0.2) is 25.3 Å². The molecule has 0 atom stereocenters. The Bertz CT molecular complexity index is 398. The lowest BCUT2D eigenvalue weighted by Crippen LogP contribution is -2.13. The Morgan fingerprint density at radius 1 is 1.60 bits per heavy atom. The van der Waals surface area contributed by atoms with Crippen LogP contribution in [0.3, 0.4) is 0 Å². The van der Waals surface area contributed by atoms with Crippen molar-refractivity contribution < 1.29 is 4.39 Å². The lowest BCUT2D eigenvalue weighted by molar-refractivity contribution is 0.620. The Hall–Kier alpha value is -1.91. The molecule has 3 N–H and O–H groups in total. The van der Waals surface area contributed by atoms with Gasteiger partial charge in [-0.1, -0.05) is 0 Å². The summed E-state index contributed by atoms with van der Waals surface area (Å²) in [6.45, 7) is 0. The van der Waals surface area contributed by atoms with Gasteiger partial charge in [-0.3, -0.25) is 0 Å². The Labute approximate surface area is 87.7 Å². The minimum absolute atomic E-state index is 0.436. The molecule has 0 aliphatic carbocycles. The molecule has 1 heterocycles. The molecular formula is C10H13FN4. The van der Waals surface area contributed by atoms with Crippen LogP contribution in [0.5, 0.6) is 0 Å². The maximum Gasteiger partial charge on any atom is 0.142 e. The Morgan fingerprint density at radius 2 is 2.27 bits per heavy atom. The van der Waals surface area contributed by atoms with Crippen LogP contribution in [0.4, 0.5) is 10.2 Å². The number of rotatable bonds is 3. The molecule has 1 aromatic heterocycles. The van der Waals surface area contributed by atoms with Gasteiger partial charge in [0.15, 0.2) is 0 Å². The first-order valence-electron chi connectivity index (χ1n) is 4.35. The zero-order valence-corrected chi connectivity index (χ0v) is 8.66. The van der Waals surface area contributed by atoms with Crippen molar-refractivity contribution in [2.24, 2.45) is 5.73 Å². The number of nitrogens with one attached hydrogen (secondary N) is 1. The van der Waals surface area contributed by atoms with E-state index in [4.69, 9.17) is 11.1 Å². The molecule has 0 spiro atoms. The van der Waals surface area contributed by atoms with Crippen LogP contribution in [-0.2, 0) is 0 Å². The minimum Gasteiger partial charge on any atom is -0.404 e. The summed E-state index contributed by atoms with van der Waals surface area (Å²) in [6, 6.07) is 1.31. The van der Waals surface area contributed by atoms with Gasteiger partial charge in [0.1, 0.15) is 11.6 Å². The van der Waals surface area contributed by atoms with Gasteiger partial charge in [0.25, 0.3) is 0 Å². The summed E-state index contributed by atoms with van der Waals surface area (Å²) >= 11 is 0. The predicted octanol–water partition coefficient (Wildman–Crippen LogP) is 1.24. The molecule has 0 aliphatic heterocycles. The van der Waals surface area contributed by atoms with Crippen molar-refractivity contribution in [1.29, 1.82) is 5.41 Å². The first kappa shape index (κ1) is 11.2. The molecule has 80 valence electrons. The fourth-order valence-corrected chi connectivity index (χ4v) is 1.22. The second-order valence-corrected chi connectivity index (χ2v) is 3.19. The largest absolute Gasteiger partial charge is 0.404 e. The van der Waals surface area contributed by atoms with E-state index in [0.717, 1.165) is 12.4 Å². The number of allylic oxidation sites excluding steroid dienone is 1. The predicted molar refractivity (Wildman–Crippen MR) is 59.5 cm³/mol. The standard InChI is InChI=1S/C10H13FN4/c1-15(2)10-9(7(4-12)5-13)3-8(11)6-14-10/h3-6,12H,13H2,1-2H3/b7-5+,12-4?.